The van der Waals surface area contributed by atoms with E-state index in [4.69, 9.17) is 4.74 Å². The second-order valence-electron chi connectivity index (χ2n) is 6.83. The average molecular weight is 407 g/mol. The molecule has 1 fully saturated rings. The van der Waals surface area contributed by atoms with Crippen molar-refractivity contribution >= 4 is 15.9 Å². The maximum atomic E-state index is 13.1. The Labute approximate surface area is 165 Å². The molecule has 0 radical (unpaired) electrons. The molecule has 0 aliphatic carbocycles. The number of sulfonamides is 1. The number of carbonyl (C=O) groups excluding carboxylic acids is 1. The highest BCUT2D eigenvalue weighted by Crippen LogP contribution is 2.22. The van der Waals surface area contributed by atoms with Crippen LogP contribution in [0, 0.1) is 0 Å². The number of aromatic nitrogens is 2. The monoisotopic (exact) mass is 406 g/mol. The highest BCUT2D eigenvalue weighted by Gasteiger charge is 2.32. The lowest BCUT2D eigenvalue weighted by molar-refractivity contribution is 0.0947. The van der Waals surface area contributed by atoms with Gasteiger partial charge in [-0.05, 0) is 18.9 Å². The van der Waals surface area contributed by atoms with Crippen LogP contribution in [0.1, 0.15) is 41.6 Å². The maximum Gasteiger partial charge on any atom is 0.263 e. The quantitative estimate of drug-likeness (QED) is 0.791. The van der Waals surface area contributed by atoms with Crippen molar-refractivity contribution in [1.82, 2.24) is 19.4 Å². The first-order valence-electron chi connectivity index (χ1n) is 9.37. The van der Waals surface area contributed by atoms with Gasteiger partial charge in [0.05, 0.1) is 12.7 Å². The minimum Gasteiger partial charge on any atom is -0.496 e. The lowest BCUT2D eigenvalue weighted by Crippen LogP contribution is -2.34. The molecule has 8 nitrogen and oxygen atoms in total. The van der Waals surface area contributed by atoms with Gasteiger partial charge in [-0.2, -0.15) is 9.40 Å². The first-order valence-corrected chi connectivity index (χ1v) is 10.8. The van der Waals surface area contributed by atoms with E-state index in [1.54, 1.807) is 20.2 Å². The van der Waals surface area contributed by atoms with Gasteiger partial charge >= 0.3 is 0 Å². The van der Waals surface area contributed by atoms with E-state index in [-0.39, 0.29) is 17.1 Å². The summed E-state index contributed by atoms with van der Waals surface area (Å²) in [7, 11) is -0.647. The van der Waals surface area contributed by atoms with Crippen molar-refractivity contribution in [2.24, 2.45) is 7.05 Å². The molecule has 0 saturated carbocycles. The normalized spacial score (nSPS) is 15.8. The summed E-state index contributed by atoms with van der Waals surface area (Å²) in [5.74, 6) is 0.179. The molecule has 0 atom stereocenters. The Balaban J connectivity index is 1.82. The van der Waals surface area contributed by atoms with Gasteiger partial charge in [0.1, 0.15) is 5.75 Å². The summed E-state index contributed by atoms with van der Waals surface area (Å²) >= 11 is 0. The summed E-state index contributed by atoms with van der Waals surface area (Å²) in [6, 6.07) is 7.35. The van der Waals surface area contributed by atoms with Crippen LogP contribution in [0.4, 0.5) is 0 Å². The van der Waals surface area contributed by atoms with E-state index in [2.05, 4.69) is 10.4 Å². The Morgan fingerprint density at radius 1 is 1.18 bits per heavy atom. The third-order valence-corrected chi connectivity index (χ3v) is 6.66. The van der Waals surface area contributed by atoms with Gasteiger partial charge < -0.3 is 10.1 Å². The number of hydrogen-bond acceptors (Lipinski definition) is 5. The topological polar surface area (TPSA) is 93.5 Å². The predicted octanol–water partition coefficient (Wildman–Crippen LogP) is 1.92. The van der Waals surface area contributed by atoms with Gasteiger partial charge in [0.2, 0.25) is 5.03 Å². The molecule has 28 heavy (non-hydrogen) atoms. The van der Waals surface area contributed by atoms with Crippen LogP contribution in [0.2, 0.25) is 0 Å². The molecule has 0 unspecified atom stereocenters. The molecule has 152 valence electrons. The van der Waals surface area contributed by atoms with Crippen LogP contribution in [-0.2, 0) is 23.6 Å². The molecule has 1 N–H and O–H groups in total. The molecule has 0 spiro atoms. The second kappa shape index (κ2) is 8.74. The summed E-state index contributed by atoms with van der Waals surface area (Å²) < 4.78 is 34.3. The van der Waals surface area contributed by atoms with Crippen molar-refractivity contribution in [3.8, 4) is 5.75 Å². The van der Waals surface area contributed by atoms with Crippen molar-refractivity contribution in [3.63, 3.8) is 0 Å². The van der Waals surface area contributed by atoms with E-state index in [1.807, 2.05) is 18.2 Å². The van der Waals surface area contributed by atoms with Crippen LogP contribution >= 0.6 is 0 Å². The highest BCUT2D eigenvalue weighted by atomic mass is 32.2. The first-order chi connectivity index (χ1) is 13.4. The number of hydrogen-bond donors (Lipinski definition) is 1. The summed E-state index contributed by atoms with van der Waals surface area (Å²) in [5, 5.41) is 6.69. The van der Waals surface area contributed by atoms with E-state index in [9.17, 15) is 13.2 Å². The van der Waals surface area contributed by atoms with Crippen LogP contribution in [0.5, 0.6) is 5.75 Å². The van der Waals surface area contributed by atoms with Crippen LogP contribution in [0.3, 0.4) is 0 Å². The fourth-order valence-corrected chi connectivity index (χ4v) is 4.98. The number of para-hydroxylation sites is 1. The van der Waals surface area contributed by atoms with Crippen molar-refractivity contribution in [2.75, 3.05) is 20.2 Å². The van der Waals surface area contributed by atoms with Crippen LogP contribution in [0.15, 0.2) is 35.5 Å². The van der Waals surface area contributed by atoms with E-state index < -0.39 is 15.9 Å². The lowest BCUT2D eigenvalue weighted by Gasteiger charge is -2.19. The Hall–Kier alpha value is -2.39. The zero-order valence-corrected chi connectivity index (χ0v) is 17.0. The Bertz CT molecular complexity index is 931. The summed E-state index contributed by atoms with van der Waals surface area (Å²) in [6.07, 6.45) is 5.12. The first kappa shape index (κ1) is 20.3. The summed E-state index contributed by atoms with van der Waals surface area (Å²) in [4.78, 5) is 12.8. The number of methoxy groups -OCH3 is 1. The fraction of sp³-hybridized carbons (Fsp3) is 0.474. The number of amides is 1. The Morgan fingerprint density at radius 3 is 2.54 bits per heavy atom. The van der Waals surface area contributed by atoms with Gasteiger partial charge in [-0.15, -0.1) is 0 Å². The number of aryl methyl sites for hydroxylation is 1. The molecule has 1 saturated heterocycles. The number of benzene rings is 1. The molecule has 1 amide bonds. The van der Waals surface area contributed by atoms with Crippen molar-refractivity contribution in [1.29, 1.82) is 0 Å². The lowest BCUT2D eigenvalue weighted by atomic mass is 10.2. The minimum absolute atomic E-state index is 0.0571. The molecule has 1 aromatic carbocycles. The van der Waals surface area contributed by atoms with Crippen LogP contribution in [-0.4, -0.2) is 48.6 Å². The highest BCUT2D eigenvalue weighted by molar-refractivity contribution is 7.89. The van der Waals surface area contributed by atoms with Gasteiger partial charge in [0.15, 0.2) is 0 Å². The van der Waals surface area contributed by atoms with Crippen LogP contribution in [0.25, 0.3) is 0 Å². The molecule has 2 aromatic rings. The number of rotatable bonds is 6. The zero-order valence-electron chi connectivity index (χ0n) is 16.2. The number of ether oxygens (including phenoxy) is 1. The average Bonchev–Trinajstić information content (AvgIpc) is 2.91. The van der Waals surface area contributed by atoms with Gasteiger partial charge in [-0.25, -0.2) is 8.42 Å². The maximum absolute atomic E-state index is 13.1. The molecule has 9 heteroatoms. The molecule has 1 aliphatic rings. The Morgan fingerprint density at radius 2 is 1.86 bits per heavy atom. The largest absolute Gasteiger partial charge is 0.496 e. The zero-order chi connectivity index (χ0) is 20.1. The van der Waals surface area contributed by atoms with Gasteiger partial charge in [-0.1, -0.05) is 31.0 Å². The number of nitrogens with zero attached hydrogens (tertiary/aromatic N) is 3. The van der Waals surface area contributed by atoms with Gasteiger partial charge in [0, 0.05) is 38.4 Å². The molecular formula is C19H26N4O4S. The van der Waals surface area contributed by atoms with Crippen LogP contribution < -0.4 is 10.1 Å². The summed E-state index contributed by atoms with van der Waals surface area (Å²) in [6.45, 7) is 1.14. The predicted molar refractivity (Wildman–Crippen MR) is 105 cm³/mol. The van der Waals surface area contributed by atoms with Gasteiger partial charge in [0.25, 0.3) is 15.9 Å². The number of nitrogens with one attached hydrogen (secondary N) is 1. The second-order valence-corrected chi connectivity index (χ2v) is 8.69. The smallest absolute Gasteiger partial charge is 0.263 e. The van der Waals surface area contributed by atoms with E-state index in [0.717, 1.165) is 31.2 Å². The standard InChI is InChI=1S/C19H26N4O4S/c1-22-14-16(18(24)20-13-15-9-5-6-10-17(15)27-2)19(21-22)28(25,26)23-11-7-3-4-8-12-23/h5-6,9-10,14H,3-4,7-8,11-13H2,1-2H3,(H,20,24). The molecule has 2 heterocycles. The van der Waals surface area contributed by atoms with E-state index in [0.29, 0.717) is 18.8 Å². The minimum atomic E-state index is -3.82. The molecule has 0 bridgehead atoms. The SMILES string of the molecule is COc1ccccc1CNC(=O)c1cn(C)nc1S(=O)(=O)N1CCCCCC1. The van der Waals surface area contributed by atoms with Gasteiger partial charge in [-0.3, -0.25) is 9.48 Å². The Kier molecular flexibility index (Phi) is 6.35. The summed E-state index contributed by atoms with van der Waals surface area (Å²) in [5.41, 5.74) is 0.862. The molecular weight excluding hydrogens is 380 g/mol. The van der Waals surface area contributed by atoms with Crippen molar-refractivity contribution in [3.05, 3.63) is 41.6 Å². The fourth-order valence-electron chi connectivity index (χ4n) is 3.34. The number of carbonyl (C=O) groups is 1. The molecule has 1 aliphatic heterocycles. The molecule has 3 rings (SSSR count). The van der Waals surface area contributed by atoms with E-state index >= 15 is 0 Å². The van der Waals surface area contributed by atoms with Crippen molar-refractivity contribution < 1.29 is 17.9 Å². The third-order valence-electron chi connectivity index (χ3n) is 4.82. The van der Waals surface area contributed by atoms with E-state index in [1.165, 1.54) is 15.2 Å². The third kappa shape index (κ3) is 4.36. The van der Waals surface area contributed by atoms with Crippen molar-refractivity contribution in [2.45, 2.75) is 37.3 Å². The molecule has 1 aromatic heterocycles.